The fourth-order valence-corrected chi connectivity index (χ4v) is 2.46. The van der Waals surface area contributed by atoms with Crippen molar-refractivity contribution < 1.29 is 0 Å². The zero-order valence-corrected chi connectivity index (χ0v) is 11.3. The molecule has 0 N–H and O–H groups in total. The topological polar surface area (TPSA) is 4.93 Å². The Hall–Kier alpha value is -0.410. The summed E-state index contributed by atoms with van der Waals surface area (Å²) < 4.78 is 3.42. The van der Waals surface area contributed by atoms with Crippen LogP contribution >= 0.6 is 28.6 Å². The van der Waals surface area contributed by atoms with Crippen LogP contribution in [0.4, 0.5) is 0 Å². The molecule has 2 aromatic rings. The van der Waals surface area contributed by atoms with E-state index in [1.807, 2.05) is 0 Å². The summed E-state index contributed by atoms with van der Waals surface area (Å²) in [5, 5.41) is 1.30. The van der Waals surface area contributed by atoms with Gasteiger partial charge in [0.15, 0.2) is 0 Å². The Bertz CT molecular complexity index is 488. The molecule has 0 aliphatic heterocycles. The second-order valence-electron chi connectivity index (χ2n) is 3.97. The highest BCUT2D eigenvalue weighted by Gasteiger charge is 2.09. The largest absolute Gasteiger partial charge is 0.345 e. The van der Waals surface area contributed by atoms with Crippen molar-refractivity contribution >= 4 is 39.5 Å². The van der Waals surface area contributed by atoms with Crippen molar-refractivity contribution in [3.8, 4) is 0 Å². The molecule has 1 heterocycles. The number of thiol groups is 1. The van der Waals surface area contributed by atoms with Crippen LogP contribution in [-0.4, -0.2) is 4.57 Å². The summed E-state index contributed by atoms with van der Waals surface area (Å²) in [7, 11) is 0. The van der Waals surface area contributed by atoms with Gasteiger partial charge < -0.3 is 4.57 Å². The third-order valence-corrected chi connectivity index (χ3v) is 3.44. The molecule has 0 unspecified atom stereocenters. The highest BCUT2D eigenvalue weighted by atomic mass is 79.9. The number of benzene rings is 1. The minimum atomic E-state index is 0.488. The van der Waals surface area contributed by atoms with Crippen LogP contribution in [0.5, 0.6) is 0 Å². The Balaban J connectivity index is 2.75. The summed E-state index contributed by atoms with van der Waals surface area (Å²) in [4.78, 5) is 0. The molecule has 0 radical (unpaired) electrons. The maximum atomic E-state index is 4.37. The number of hydrogen-bond donors (Lipinski definition) is 1. The minimum absolute atomic E-state index is 0.488. The maximum absolute atomic E-state index is 4.37. The molecular weight excluding hydrogens is 270 g/mol. The number of aromatic nitrogens is 1. The van der Waals surface area contributed by atoms with Crippen molar-refractivity contribution in [2.45, 2.75) is 25.6 Å². The van der Waals surface area contributed by atoms with Crippen molar-refractivity contribution in [2.75, 3.05) is 0 Å². The van der Waals surface area contributed by atoms with Gasteiger partial charge in [0.25, 0.3) is 0 Å². The summed E-state index contributed by atoms with van der Waals surface area (Å²) >= 11 is 7.88. The lowest BCUT2D eigenvalue weighted by Crippen LogP contribution is -1.97. The van der Waals surface area contributed by atoms with E-state index >= 15 is 0 Å². The van der Waals surface area contributed by atoms with Crippen molar-refractivity contribution in [2.24, 2.45) is 0 Å². The lowest BCUT2D eigenvalue weighted by Gasteiger charge is -2.08. The molecular formula is C12H14BrNS. The molecule has 0 bridgehead atoms. The van der Waals surface area contributed by atoms with E-state index in [4.69, 9.17) is 0 Å². The van der Waals surface area contributed by atoms with E-state index in [0.717, 1.165) is 10.2 Å². The molecule has 0 aliphatic carbocycles. The average Bonchev–Trinajstić information content (AvgIpc) is 2.55. The van der Waals surface area contributed by atoms with Crippen LogP contribution in [0.2, 0.25) is 0 Å². The fraction of sp³-hybridized carbons (Fsp3) is 0.333. The molecule has 0 amide bonds. The fourth-order valence-electron chi connectivity index (χ4n) is 1.85. The molecule has 0 saturated heterocycles. The maximum Gasteiger partial charge on any atom is 0.0486 e. The molecule has 0 atom stereocenters. The van der Waals surface area contributed by atoms with E-state index in [1.54, 1.807) is 0 Å². The lowest BCUT2D eigenvalue weighted by molar-refractivity contribution is 0.622. The molecule has 1 nitrogen and oxygen atoms in total. The second-order valence-corrected chi connectivity index (χ2v) is 5.21. The molecule has 0 saturated carbocycles. The monoisotopic (exact) mass is 283 g/mol. The van der Waals surface area contributed by atoms with Crippen molar-refractivity contribution in [1.29, 1.82) is 0 Å². The van der Waals surface area contributed by atoms with Gasteiger partial charge in [-0.05, 0) is 37.6 Å². The van der Waals surface area contributed by atoms with Gasteiger partial charge in [0, 0.05) is 33.4 Å². The number of hydrogen-bond acceptors (Lipinski definition) is 1. The van der Waals surface area contributed by atoms with Gasteiger partial charge in [0.2, 0.25) is 0 Å². The third-order valence-electron chi connectivity index (χ3n) is 2.60. The van der Waals surface area contributed by atoms with Gasteiger partial charge in [-0.15, -0.1) is 0 Å². The molecule has 1 aromatic heterocycles. The van der Waals surface area contributed by atoms with Crippen molar-refractivity contribution in [3.05, 3.63) is 34.4 Å². The zero-order valence-electron chi connectivity index (χ0n) is 8.87. The van der Waals surface area contributed by atoms with E-state index in [1.165, 1.54) is 16.5 Å². The number of halogens is 1. The van der Waals surface area contributed by atoms with Gasteiger partial charge >= 0.3 is 0 Å². The Morgan fingerprint density at radius 3 is 2.73 bits per heavy atom. The van der Waals surface area contributed by atoms with E-state index in [9.17, 15) is 0 Å². The number of rotatable bonds is 2. The first-order valence-corrected chi connectivity index (χ1v) is 6.46. The van der Waals surface area contributed by atoms with Crippen LogP contribution in [0.25, 0.3) is 10.9 Å². The summed E-state index contributed by atoms with van der Waals surface area (Å²) in [5.74, 6) is 0.784. The predicted octanol–water partition coefficient (Wildman–Crippen LogP) is 4.41. The second kappa shape index (κ2) is 4.22. The van der Waals surface area contributed by atoms with E-state index in [0.29, 0.717) is 6.04 Å². The van der Waals surface area contributed by atoms with Crippen molar-refractivity contribution in [3.63, 3.8) is 0 Å². The third kappa shape index (κ3) is 1.95. The van der Waals surface area contributed by atoms with Gasteiger partial charge in [0.05, 0.1) is 0 Å². The Kier molecular flexibility index (Phi) is 3.12. The average molecular weight is 284 g/mol. The van der Waals surface area contributed by atoms with Gasteiger partial charge in [0.1, 0.15) is 0 Å². The highest BCUT2D eigenvalue weighted by Crippen LogP contribution is 2.28. The van der Waals surface area contributed by atoms with Crippen LogP contribution < -0.4 is 0 Å². The smallest absolute Gasteiger partial charge is 0.0486 e. The van der Waals surface area contributed by atoms with Crippen LogP contribution in [0.1, 0.15) is 25.5 Å². The first-order chi connectivity index (χ1) is 7.13. The Labute approximate surface area is 104 Å². The minimum Gasteiger partial charge on any atom is -0.345 e. The van der Waals surface area contributed by atoms with Gasteiger partial charge in [-0.1, -0.05) is 15.9 Å². The summed E-state index contributed by atoms with van der Waals surface area (Å²) in [6, 6.07) is 6.90. The quantitative estimate of drug-likeness (QED) is 0.779. The van der Waals surface area contributed by atoms with Crippen LogP contribution in [0, 0.1) is 0 Å². The van der Waals surface area contributed by atoms with Gasteiger partial charge in [-0.25, -0.2) is 0 Å². The molecule has 2 rings (SSSR count). The molecule has 15 heavy (non-hydrogen) atoms. The van der Waals surface area contributed by atoms with Crippen LogP contribution in [0.3, 0.4) is 0 Å². The summed E-state index contributed by atoms with van der Waals surface area (Å²) in [6.07, 6.45) is 2.20. The zero-order chi connectivity index (χ0) is 11.0. The Morgan fingerprint density at radius 2 is 2.13 bits per heavy atom. The normalized spacial score (nSPS) is 11.5. The lowest BCUT2D eigenvalue weighted by atomic mass is 10.2. The van der Waals surface area contributed by atoms with Gasteiger partial charge in [-0.2, -0.15) is 12.6 Å². The standard InChI is InChI=1S/C12H14BrNS/c1-8(2)14-6-9(7-15)11-5-10(13)3-4-12(11)14/h3-6,8,15H,7H2,1-2H3. The van der Waals surface area contributed by atoms with Crippen LogP contribution in [-0.2, 0) is 5.75 Å². The molecule has 80 valence electrons. The first kappa shape index (κ1) is 11.1. The Morgan fingerprint density at radius 1 is 1.40 bits per heavy atom. The summed E-state index contributed by atoms with van der Waals surface area (Å²) in [6.45, 7) is 4.40. The number of nitrogens with zero attached hydrogens (tertiary/aromatic N) is 1. The predicted molar refractivity (Wildman–Crippen MR) is 72.7 cm³/mol. The first-order valence-electron chi connectivity index (χ1n) is 5.03. The molecule has 0 aliphatic rings. The molecule has 3 heteroatoms. The molecule has 0 fully saturated rings. The molecule has 0 spiro atoms. The van der Waals surface area contributed by atoms with E-state index < -0.39 is 0 Å². The van der Waals surface area contributed by atoms with Crippen molar-refractivity contribution in [1.82, 2.24) is 4.57 Å². The molecule has 1 aromatic carbocycles. The van der Waals surface area contributed by atoms with Crippen LogP contribution in [0.15, 0.2) is 28.9 Å². The summed E-state index contributed by atoms with van der Waals surface area (Å²) in [5.41, 5.74) is 2.58. The van der Waals surface area contributed by atoms with E-state index in [2.05, 4.69) is 71.4 Å². The number of fused-ring (bicyclic) bond motifs is 1. The van der Waals surface area contributed by atoms with Gasteiger partial charge in [-0.3, -0.25) is 0 Å². The highest BCUT2D eigenvalue weighted by molar-refractivity contribution is 9.10. The SMILES string of the molecule is CC(C)n1cc(CS)c2cc(Br)ccc21. The van der Waals surface area contributed by atoms with E-state index in [-0.39, 0.29) is 0 Å².